The Morgan fingerprint density at radius 3 is 2.92 bits per heavy atom. The van der Waals surface area contributed by atoms with Gasteiger partial charge in [-0.25, -0.2) is 4.39 Å². The van der Waals surface area contributed by atoms with Gasteiger partial charge in [0.1, 0.15) is 6.17 Å². The zero-order valence-corrected chi connectivity index (χ0v) is 6.88. The van der Waals surface area contributed by atoms with E-state index in [9.17, 15) is 4.39 Å². The fourth-order valence-electron chi connectivity index (χ4n) is 1.35. The van der Waals surface area contributed by atoms with Crippen molar-refractivity contribution in [2.24, 2.45) is 11.0 Å². The van der Waals surface area contributed by atoms with Gasteiger partial charge in [-0.2, -0.15) is 0 Å². The van der Waals surface area contributed by atoms with Crippen molar-refractivity contribution in [3.63, 3.8) is 0 Å². The molecular weight excluding hydrogens is 177 g/mol. The molecule has 0 bridgehead atoms. The average molecular weight is 187 g/mol. The van der Waals surface area contributed by atoms with Gasteiger partial charge in [-0.15, -0.1) is 0 Å². The summed E-state index contributed by atoms with van der Waals surface area (Å²) in [6, 6.07) is 0. The Kier molecular flexibility index (Phi) is 3.48. The Bertz CT molecular complexity index is 220. The molecule has 1 aliphatic rings. The number of azide groups is 1. The minimum Gasteiger partial charge on any atom is -0.394 e. The van der Waals surface area contributed by atoms with E-state index >= 15 is 0 Å². The summed E-state index contributed by atoms with van der Waals surface area (Å²) in [6.07, 6.45) is -3.09. The third kappa shape index (κ3) is 2.09. The highest BCUT2D eigenvalue weighted by molar-refractivity contribution is 4.92. The summed E-state index contributed by atoms with van der Waals surface area (Å²) in [6.45, 7) is 4.90. The van der Waals surface area contributed by atoms with Gasteiger partial charge < -0.3 is 9.84 Å². The Hall–Kier alpha value is -0.840. The first-order valence-electron chi connectivity index (χ1n) is 3.87. The van der Waals surface area contributed by atoms with Gasteiger partial charge in [0.05, 0.1) is 18.8 Å². The zero-order valence-electron chi connectivity index (χ0n) is 6.88. The predicted octanol–water partition coefficient (Wildman–Crippen LogP) is 0.722. The van der Waals surface area contributed by atoms with Gasteiger partial charge >= 0.3 is 0 Å². The van der Waals surface area contributed by atoms with Gasteiger partial charge in [-0.1, -0.05) is 5.11 Å². The van der Waals surface area contributed by atoms with E-state index in [-0.39, 0.29) is 13.2 Å². The first kappa shape index (κ1) is 10.2. The monoisotopic (exact) mass is 187 g/mol. The van der Waals surface area contributed by atoms with Gasteiger partial charge in [0.25, 0.3) is 0 Å². The second-order valence-electron chi connectivity index (χ2n) is 2.84. The molecule has 1 rings (SSSR count). The lowest BCUT2D eigenvalue weighted by Gasteiger charge is -2.13. The molecule has 0 aromatic rings. The maximum Gasteiger partial charge on any atom is 0.132 e. The van der Waals surface area contributed by atoms with Crippen LogP contribution in [-0.2, 0) is 4.74 Å². The smallest absolute Gasteiger partial charge is 0.132 e. The van der Waals surface area contributed by atoms with Crippen LogP contribution in [-0.4, -0.2) is 36.6 Å². The maximum absolute atomic E-state index is 13.2. The van der Waals surface area contributed by atoms with Gasteiger partial charge in [0, 0.05) is 17.4 Å². The molecule has 6 heteroatoms. The Labute approximate surface area is 75.1 Å². The van der Waals surface area contributed by atoms with Crippen molar-refractivity contribution in [1.29, 1.82) is 0 Å². The quantitative estimate of drug-likeness (QED) is 0.401. The van der Waals surface area contributed by atoms with Crippen LogP contribution in [0, 0.1) is 12.8 Å². The molecule has 1 fully saturated rings. The molecule has 1 aliphatic heterocycles. The Morgan fingerprint density at radius 1 is 1.69 bits per heavy atom. The summed E-state index contributed by atoms with van der Waals surface area (Å²) in [5, 5.41) is 12.0. The molecular formula is C7H10FN3O2. The summed E-state index contributed by atoms with van der Waals surface area (Å²) < 4.78 is 18.1. The Morgan fingerprint density at radius 2 is 2.38 bits per heavy atom. The van der Waals surface area contributed by atoms with Crippen molar-refractivity contribution < 1.29 is 14.2 Å². The topological polar surface area (TPSA) is 78.2 Å². The molecule has 0 spiro atoms. The van der Waals surface area contributed by atoms with Gasteiger partial charge in [-0.3, -0.25) is 0 Å². The molecule has 72 valence electrons. The van der Waals surface area contributed by atoms with Crippen LogP contribution in [0.25, 0.3) is 10.4 Å². The van der Waals surface area contributed by atoms with E-state index in [0.29, 0.717) is 0 Å². The first-order valence-corrected chi connectivity index (χ1v) is 3.87. The van der Waals surface area contributed by atoms with E-state index in [0.717, 1.165) is 0 Å². The van der Waals surface area contributed by atoms with E-state index in [4.69, 9.17) is 22.3 Å². The standard InChI is InChI=1S/C7H10FN3O2/c1-4-7(8)5(2-10-11-9)6(3-12)13-4/h1,4-7,12H,2-3H2/t4-,5-,6+,7?/m0/s1. The van der Waals surface area contributed by atoms with Crippen LogP contribution in [0.1, 0.15) is 0 Å². The fourth-order valence-corrected chi connectivity index (χ4v) is 1.35. The summed E-state index contributed by atoms with van der Waals surface area (Å²) >= 11 is 0. The lowest BCUT2D eigenvalue weighted by molar-refractivity contribution is 0.0140. The molecule has 1 heterocycles. The van der Waals surface area contributed by atoms with E-state index in [1.54, 1.807) is 0 Å². The number of ether oxygens (including phenoxy) is 1. The molecule has 4 atom stereocenters. The number of aliphatic hydroxyl groups excluding tert-OH is 1. The number of rotatable bonds is 3. The van der Waals surface area contributed by atoms with E-state index in [2.05, 4.69) is 10.0 Å². The van der Waals surface area contributed by atoms with Crippen LogP contribution in [0.15, 0.2) is 5.11 Å². The van der Waals surface area contributed by atoms with Gasteiger partial charge in [0.2, 0.25) is 0 Å². The maximum atomic E-state index is 13.2. The van der Waals surface area contributed by atoms with E-state index in [1.807, 2.05) is 0 Å². The highest BCUT2D eigenvalue weighted by Crippen LogP contribution is 2.29. The number of hydrogen-bond donors (Lipinski definition) is 1. The van der Waals surface area contributed by atoms with Crippen molar-refractivity contribution in [2.75, 3.05) is 13.2 Å². The van der Waals surface area contributed by atoms with Crippen LogP contribution < -0.4 is 0 Å². The lowest BCUT2D eigenvalue weighted by Crippen LogP contribution is -2.27. The van der Waals surface area contributed by atoms with Crippen LogP contribution in [0.4, 0.5) is 4.39 Å². The van der Waals surface area contributed by atoms with Crippen molar-refractivity contribution in [3.8, 4) is 0 Å². The fraction of sp³-hybridized carbons (Fsp3) is 0.857. The average Bonchev–Trinajstić information content (AvgIpc) is 2.40. The van der Waals surface area contributed by atoms with Crippen molar-refractivity contribution >= 4 is 0 Å². The molecule has 0 aliphatic carbocycles. The number of aliphatic hydroxyl groups is 1. The van der Waals surface area contributed by atoms with Crippen molar-refractivity contribution in [2.45, 2.75) is 18.4 Å². The number of hydrogen-bond acceptors (Lipinski definition) is 3. The number of nitrogens with zero attached hydrogens (tertiary/aromatic N) is 3. The van der Waals surface area contributed by atoms with Crippen LogP contribution in [0.2, 0.25) is 0 Å². The summed E-state index contributed by atoms with van der Waals surface area (Å²) in [7, 11) is 0. The Balaban J connectivity index is 2.61. The van der Waals surface area contributed by atoms with Gasteiger partial charge in [-0.05, 0) is 12.5 Å². The number of alkyl halides is 1. The highest BCUT2D eigenvalue weighted by Gasteiger charge is 2.41. The summed E-state index contributed by atoms with van der Waals surface area (Å²) in [5.41, 5.74) is 8.04. The molecule has 0 saturated carbocycles. The first-order chi connectivity index (χ1) is 6.20. The van der Waals surface area contributed by atoms with Crippen LogP contribution >= 0.6 is 0 Å². The van der Waals surface area contributed by atoms with Crippen LogP contribution in [0.5, 0.6) is 0 Å². The van der Waals surface area contributed by atoms with E-state index in [1.165, 1.54) is 0 Å². The third-order valence-electron chi connectivity index (χ3n) is 2.07. The molecule has 1 N–H and O–H groups in total. The minimum absolute atomic E-state index is 0.0450. The molecule has 1 saturated heterocycles. The third-order valence-corrected chi connectivity index (χ3v) is 2.07. The van der Waals surface area contributed by atoms with E-state index < -0.39 is 24.3 Å². The second-order valence-corrected chi connectivity index (χ2v) is 2.84. The SMILES string of the molecule is [CH][C@@H]1O[C@H](CO)[C@H](CN=[N+]=[N-])C1F. The normalized spacial score (nSPS) is 38.7. The molecule has 1 unspecified atom stereocenters. The lowest BCUT2D eigenvalue weighted by atomic mass is 9.98. The number of halogens is 1. The highest BCUT2D eigenvalue weighted by atomic mass is 19.1. The van der Waals surface area contributed by atoms with Crippen molar-refractivity contribution in [3.05, 3.63) is 17.4 Å². The largest absolute Gasteiger partial charge is 0.394 e. The molecule has 0 aromatic heterocycles. The second kappa shape index (κ2) is 4.41. The van der Waals surface area contributed by atoms with Crippen molar-refractivity contribution in [1.82, 2.24) is 0 Å². The zero-order chi connectivity index (χ0) is 9.84. The summed E-state index contributed by atoms with van der Waals surface area (Å²) in [4.78, 5) is 2.51. The molecule has 13 heavy (non-hydrogen) atoms. The molecule has 5 nitrogen and oxygen atoms in total. The minimum atomic E-state index is -1.39. The molecule has 0 amide bonds. The molecule has 0 aromatic carbocycles. The summed E-state index contributed by atoms with van der Waals surface area (Å²) in [5.74, 6) is -0.643. The molecule has 2 radical (unpaired) electrons. The predicted molar refractivity (Wildman–Crippen MR) is 42.4 cm³/mol. The van der Waals surface area contributed by atoms with Crippen LogP contribution in [0.3, 0.4) is 0 Å². The van der Waals surface area contributed by atoms with Gasteiger partial charge in [0.15, 0.2) is 0 Å².